The van der Waals surface area contributed by atoms with Gasteiger partial charge in [0.25, 0.3) is 11.4 Å². The average Bonchev–Trinajstić information content (AvgIpc) is 2.79. The van der Waals surface area contributed by atoms with Gasteiger partial charge < -0.3 is 9.64 Å². The van der Waals surface area contributed by atoms with E-state index in [2.05, 4.69) is 0 Å². The summed E-state index contributed by atoms with van der Waals surface area (Å²) in [6.45, 7) is 3.94. The van der Waals surface area contributed by atoms with Crippen molar-refractivity contribution in [2.24, 2.45) is 0 Å². The lowest BCUT2D eigenvalue weighted by molar-refractivity contribution is -0.385. The summed E-state index contributed by atoms with van der Waals surface area (Å²) in [5.41, 5.74) is 0.821. The highest BCUT2D eigenvalue weighted by atomic mass is 16.6. The van der Waals surface area contributed by atoms with Crippen LogP contribution in [0.1, 0.15) is 25.0 Å². The second-order valence-electron chi connectivity index (χ2n) is 7.25. The molecule has 0 aromatic heterocycles. The summed E-state index contributed by atoms with van der Waals surface area (Å²) in [5, 5.41) is 22.2. The molecule has 1 spiro atoms. The second kappa shape index (κ2) is 5.29. The first-order chi connectivity index (χ1) is 12.7. The molecule has 0 saturated heterocycles. The van der Waals surface area contributed by atoms with Gasteiger partial charge in [-0.1, -0.05) is 0 Å². The normalized spacial score (nSPS) is 21.5. The van der Waals surface area contributed by atoms with E-state index in [1.165, 1.54) is 18.2 Å². The quantitative estimate of drug-likeness (QED) is 0.587. The van der Waals surface area contributed by atoms with E-state index in [1.54, 1.807) is 18.2 Å². The Morgan fingerprint density at radius 2 is 1.63 bits per heavy atom. The van der Waals surface area contributed by atoms with Crippen LogP contribution in [0.5, 0.6) is 5.75 Å². The number of likely N-dealkylation sites (N-methyl/N-ethyl adjacent to an activating group) is 1. The van der Waals surface area contributed by atoms with Crippen LogP contribution in [0.3, 0.4) is 0 Å². The molecule has 0 saturated carbocycles. The van der Waals surface area contributed by atoms with Crippen LogP contribution < -0.4 is 9.64 Å². The third kappa shape index (κ3) is 2.16. The number of ether oxygens (including phenoxy) is 1. The Hall–Kier alpha value is -3.42. The van der Waals surface area contributed by atoms with Crippen molar-refractivity contribution in [3.05, 3.63) is 73.8 Å². The number of fused-ring (bicyclic) bond motifs is 2. The van der Waals surface area contributed by atoms with Crippen molar-refractivity contribution in [3.63, 3.8) is 0 Å². The maximum absolute atomic E-state index is 11.2. The monoisotopic (exact) mass is 367 g/mol. The minimum absolute atomic E-state index is 0.00380. The summed E-state index contributed by atoms with van der Waals surface area (Å²) in [5.74, 6) is 0.533. The summed E-state index contributed by atoms with van der Waals surface area (Å²) in [6, 6.07) is 9.27. The topological polar surface area (TPSA) is 98.8 Å². The highest BCUT2D eigenvalue weighted by Crippen LogP contribution is 2.55. The van der Waals surface area contributed by atoms with Crippen LogP contribution in [0.15, 0.2) is 42.5 Å². The van der Waals surface area contributed by atoms with Gasteiger partial charge in [0.2, 0.25) is 5.72 Å². The lowest BCUT2D eigenvalue weighted by Gasteiger charge is -2.45. The zero-order valence-electron chi connectivity index (χ0n) is 15.0. The zero-order chi connectivity index (χ0) is 19.6. The fourth-order valence-electron chi connectivity index (χ4n) is 4.02. The first kappa shape index (κ1) is 17.0. The van der Waals surface area contributed by atoms with Crippen LogP contribution in [0.2, 0.25) is 0 Å². The molecule has 138 valence electrons. The van der Waals surface area contributed by atoms with E-state index in [1.807, 2.05) is 37.9 Å². The van der Waals surface area contributed by atoms with Crippen molar-refractivity contribution in [2.45, 2.75) is 25.0 Å². The third-order valence-corrected chi connectivity index (χ3v) is 5.58. The molecular weight excluding hydrogens is 350 g/mol. The lowest BCUT2D eigenvalue weighted by atomic mass is 9.76. The smallest absolute Gasteiger partial charge is 0.270 e. The molecule has 4 rings (SSSR count). The molecule has 2 aliphatic heterocycles. The number of nitro groups is 2. The Morgan fingerprint density at radius 1 is 1.00 bits per heavy atom. The van der Waals surface area contributed by atoms with E-state index < -0.39 is 21.0 Å². The van der Waals surface area contributed by atoms with Crippen LogP contribution >= 0.6 is 0 Å². The van der Waals surface area contributed by atoms with E-state index in [4.69, 9.17) is 4.74 Å². The van der Waals surface area contributed by atoms with E-state index in [0.717, 1.165) is 11.3 Å². The number of hydrogen-bond donors (Lipinski definition) is 0. The summed E-state index contributed by atoms with van der Waals surface area (Å²) in [7, 11) is 1.88. The van der Waals surface area contributed by atoms with Gasteiger partial charge in [0.05, 0.1) is 15.3 Å². The molecule has 0 N–H and O–H groups in total. The molecule has 2 aromatic carbocycles. The lowest BCUT2D eigenvalue weighted by Crippen LogP contribution is -2.58. The second-order valence-corrected chi connectivity index (χ2v) is 7.25. The number of anilines is 1. The predicted octanol–water partition coefficient (Wildman–Crippen LogP) is 4.03. The van der Waals surface area contributed by atoms with Gasteiger partial charge >= 0.3 is 0 Å². The number of hydrogen-bond acceptors (Lipinski definition) is 6. The minimum Gasteiger partial charge on any atom is -0.463 e. The fraction of sp³-hybridized carbons (Fsp3) is 0.263. The molecule has 8 nitrogen and oxygen atoms in total. The molecule has 0 bridgehead atoms. The van der Waals surface area contributed by atoms with Gasteiger partial charge in [0.1, 0.15) is 5.75 Å². The number of nitrogens with zero attached hydrogens (tertiary/aromatic N) is 3. The first-order valence-electron chi connectivity index (χ1n) is 8.37. The van der Waals surface area contributed by atoms with E-state index in [9.17, 15) is 20.2 Å². The van der Waals surface area contributed by atoms with Crippen molar-refractivity contribution in [1.29, 1.82) is 0 Å². The molecule has 2 aromatic rings. The van der Waals surface area contributed by atoms with Crippen LogP contribution in [0.4, 0.5) is 17.1 Å². The Labute approximate surface area is 155 Å². The van der Waals surface area contributed by atoms with Gasteiger partial charge in [-0.2, -0.15) is 0 Å². The summed E-state index contributed by atoms with van der Waals surface area (Å²) >= 11 is 0. The standard InChI is InChI=1S/C19H17N3O5/c1-18(2)15-11-14(22(25)26)4-6-16(15)20(3)19(18)9-8-12-10-13(21(23)24)5-7-17(12)27-19/h4-11H,1-3H3/t19-/m0/s1. The van der Waals surface area contributed by atoms with Gasteiger partial charge in [-0.3, -0.25) is 20.2 Å². The SMILES string of the molecule is CN1c2ccc([N+](=O)[O-])cc2C(C)(C)[C@@]12C=Cc1cc([N+](=O)[O-])ccc1O2. The average molecular weight is 367 g/mol. The van der Waals surface area contributed by atoms with Crippen molar-refractivity contribution < 1.29 is 14.6 Å². The highest BCUT2D eigenvalue weighted by Gasteiger charge is 2.58. The largest absolute Gasteiger partial charge is 0.463 e. The van der Waals surface area contributed by atoms with Crippen LogP contribution in [0.25, 0.3) is 6.08 Å². The zero-order valence-corrected chi connectivity index (χ0v) is 15.0. The predicted molar refractivity (Wildman–Crippen MR) is 100 cm³/mol. The van der Waals surface area contributed by atoms with Gasteiger partial charge in [-0.05, 0) is 43.7 Å². The van der Waals surface area contributed by atoms with E-state index in [0.29, 0.717) is 11.3 Å². The number of rotatable bonds is 2. The van der Waals surface area contributed by atoms with E-state index >= 15 is 0 Å². The van der Waals surface area contributed by atoms with Crippen LogP contribution in [-0.4, -0.2) is 22.6 Å². The molecule has 0 fully saturated rings. The van der Waals surface area contributed by atoms with Gasteiger partial charge in [-0.15, -0.1) is 0 Å². The molecule has 2 aliphatic rings. The van der Waals surface area contributed by atoms with Gasteiger partial charge in [0.15, 0.2) is 0 Å². The Bertz CT molecular complexity index is 1030. The molecule has 0 amide bonds. The van der Waals surface area contributed by atoms with Crippen molar-refractivity contribution in [3.8, 4) is 5.75 Å². The van der Waals surface area contributed by atoms with Crippen molar-refractivity contribution in [2.75, 3.05) is 11.9 Å². The fourth-order valence-corrected chi connectivity index (χ4v) is 4.02. The summed E-state index contributed by atoms with van der Waals surface area (Å²) in [4.78, 5) is 23.3. The van der Waals surface area contributed by atoms with Crippen LogP contribution in [0, 0.1) is 20.2 Å². The maximum Gasteiger partial charge on any atom is 0.270 e. The Morgan fingerprint density at radius 3 is 2.30 bits per heavy atom. The summed E-state index contributed by atoms with van der Waals surface area (Å²) in [6.07, 6.45) is 3.68. The van der Waals surface area contributed by atoms with Gasteiger partial charge in [0, 0.05) is 42.6 Å². The summed E-state index contributed by atoms with van der Waals surface area (Å²) < 4.78 is 6.37. The number of benzene rings is 2. The van der Waals surface area contributed by atoms with Crippen molar-refractivity contribution in [1.82, 2.24) is 0 Å². The molecule has 8 heteroatoms. The minimum atomic E-state index is -0.895. The molecule has 1 atom stereocenters. The third-order valence-electron chi connectivity index (χ3n) is 5.58. The number of non-ortho nitro benzene ring substituents is 2. The van der Waals surface area contributed by atoms with E-state index in [-0.39, 0.29) is 11.4 Å². The van der Waals surface area contributed by atoms with Crippen molar-refractivity contribution >= 4 is 23.1 Å². The molecule has 2 heterocycles. The maximum atomic E-state index is 11.2. The molecule has 27 heavy (non-hydrogen) atoms. The first-order valence-corrected chi connectivity index (χ1v) is 8.37. The van der Waals surface area contributed by atoms with Crippen LogP contribution in [-0.2, 0) is 5.41 Å². The highest BCUT2D eigenvalue weighted by molar-refractivity contribution is 5.74. The molecular formula is C19H17N3O5. The molecule has 0 radical (unpaired) electrons. The molecule has 0 aliphatic carbocycles. The number of nitro benzene ring substituents is 2. The Balaban J connectivity index is 1.83. The van der Waals surface area contributed by atoms with Gasteiger partial charge in [-0.25, -0.2) is 0 Å². The molecule has 0 unspecified atom stereocenters. The Kier molecular flexibility index (Phi) is 3.33.